The molecule has 1 rings (SSSR count). The first-order valence-electron chi connectivity index (χ1n) is 3.80. The number of carboxylic acid groups (broad SMARTS) is 1. The van der Waals surface area contributed by atoms with Crippen LogP contribution in [0.15, 0.2) is 30.3 Å². The van der Waals surface area contributed by atoms with Crippen LogP contribution in [0.1, 0.15) is 5.56 Å². The van der Waals surface area contributed by atoms with Crippen molar-refractivity contribution in [3.05, 3.63) is 41.7 Å². The molecule has 0 saturated heterocycles. The van der Waals surface area contributed by atoms with Gasteiger partial charge >= 0.3 is 57.4 Å². The van der Waals surface area contributed by atoms with Gasteiger partial charge in [-0.3, -0.25) is 4.79 Å². The Morgan fingerprint density at radius 1 is 1.20 bits per heavy atom. The standard InChI is InChI=1S/C10H7FO3.K.H/c11-8-4-1-7(2-5-8)3-6-9(12)10(13)14;;/h1-6H,(H,13,14);;. The summed E-state index contributed by atoms with van der Waals surface area (Å²) in [5.41, 5.74) is 0.570. The van der Waals surface area contributed by atoms with Crippen molar-refractivity contribution in [3.8, 4) is 0 Å². The zero-order chi connectivity index (χ0) is 10.6. The molecule has 0 atom stereocenters. The molecule has 0 heterocycles. The van der Waals surface area contributed by atoms with E-state index in [2.05, 4.69) is 0 Å². The Morgan fingerprint density at radius 3 is 2.20 bits per heavy atom. The SMILES string of the molecule is O=C(O)C(=O)C=Cc1ccc(F)cc1.[KH]. The molecule has 0 aliphatic carbocycles. The van der Waals surface area contributed by atoms with Crippen LogP contribution in [0.25, 0.3) is 6.08 Å². The first-order valence-corrected chi connectivity index (χ1v) is 3.80. The molecule has 0 saturated carbocycles. The third-order valence-electron chi connectivity index (χ3n) is 1.51. The molecule has 1 aromatic rings. The van der Waals surface area contributed by atoms with Crippen LogP contribution < -0.4 is 0 Å². The summed E-state index contributed by atoms with van der Waals surface area (Å²) >= 11 is 0. The van der Waals surface area contributed by atoms with Crippen LogP contribution in [-0.2, 0) is 9.59 Å². The van der Waals surface area contributed by atoms with Gasteiger partial charge in [0.1, 0.15) is 5.82 Å². The minimum atomic E-state index is -1.51. The van der Waals surface area contributed by atoms with E-state index in [4.69, 9.17) is 5.11 Å². The molecule has 0 amide bonds. The van der Waals surface area contributed by atoms with Gasteiger partial charge in [0.15, 0.2) is 0 Å². The molecule has 0 aliphatic rings. The third kappa shape index (κ3) is 5.34. The van der Waals surface area contributed by atoms with Crippen molar-refractivity contribution in [1.29, 1.82) is 0 Å². The molecular formula is C10H8FKO3. The Hall–Kier alpha value is -0.334. The van der Waals surface area contributed by atoms with Crippen molar-refractivity contribution in [2.75, 3.05) is 0 Å². The fourth-order valence-electron chi connectivity index (χ4n) is 0.817. The summed E-state index contributed by atoms with van der Waals surface area (Å²) in [6.45, 7) is 0. The summed E-state index contributed by atoms with van der Waals surface area (Å²) in [5.74, 6) is -2.90. The van der Waals surface area contributed by atoms with Crippen molar-refractivity contribution >= 4 is 69.2 Å². The van der Waals surface area contributed by atoms with Crippen molar-refractivity contribution in [2.24, 2.45) is 0 Å². The van der Waals surface area contributed by atoms with Crippen molar-refractivity contribution in [3.63, 3.8) is 0 Å². The second-order valence-electron chi connectivity index (χ2n) is 2.55. The number of carbonyl (C=O) groups excluding carboxylic acids is 1. The Kier molecular flexibility index (Phi) is 6.87. The number of benzene rings is 1. The van der Waals surface area contributed by atoms with Gasteiger partial charge < -0.3 is 5.11 Å². The van der Waals surface area contributed by atoms with Gasteiger partial charge in [-0.15, -0.1) is 0 Å². The van der Waals surface area contributed by atoms with Crippen molar-refractivity contribution in [2.45, 2.75) is 0 Å². The van der Waals surface area contributed by atoms with Crippen molar-refractivity contribution < 1.29 is 19.1 Å². The van der Waals surface area contributed by atoms with Crippen LogP contribution in [-0.4, -0.2) is 68.2 Å². The number of aliphatic carboxylic acids is 1. The number of carbonyl (C=O) groups is 2. The van der Waals surface area contributed by atoms with Gasteiger partial charge in [-0.25, -0.2) is 9.18 Å². The topological polar surface area (TPSA) is 54.4 Å². The Morgan fingerprint density at radius 2 is 1.73 bits per heavy atom. The second kappa shape index (κ2) is 7.03. The molecule has 15 heavy (non-hydrogen) atoms. The summed E-state index contributed by atoms with van der Waals surface area (Å²) < 4.78 is 12.4. The van der Waals surface area contributed by atoms with E-state index >= 15 is 0 Å². The van der Waals surface area contributed by atoms with Gasteiger partial charge in [-0.1, -0.05) is 18.2 Å². The van der Waals surface area contributed by atoms with Gasteiger partial charge in [-0.2, -0.15) is 0 Å². The quantitative estimate of drug-likeness (QED) is 0.479. The van der Waals surface area contributed by atoms with Gasteiger partial charge in [0.25, 0.3) is 5.78 Å². The summed E-state index contributed by atoms with van der Waals surface area (Å²) in [5, 5.41) is 8.24. The van der Waals surface area contributed by atoms with Crippen LogP contribution >= 0.6 is 0 Å². The van der Waals surface area contributed by atoms with Crippen LogP contribution in [0.5, 0.6) is 0 Å². The average molecular weight is 234 g/mol. The Bertz CT molecular complexity index is 384. The second-order valence-corrected chi connectivity index (χ2v) is 2.55. The van der Waals surface area contributed by atoms with E-state index < -0.39 is 11.8 Å². The monoisotopic (exact) mass is 234 g/mol. The van der Waals surface area contributed by atoms with E-state index in [-0.39, 0.29) is 57.2 Å². The molecular weight excluding hydrogens is 226 g/mol. The van der Waals surface area contributed by atoms with E-state index in [1.54, 1.807) is 0 Å². The maximum absolute atomic E-state index is 12.4. The number of rotatable bonds is 3. The fraction of sp³-hybridized carbons (Fsp3) is 0. The van der Waals surface area contributed by atoms with E-state index in [1.807, 2.05) is 0 Å². The maximum atomic E-state index is 12.4. The minimum absolute atomic E-state index is 0. The molecule has 0 fully saturated rings. The molecule has 0 aromatic heterocycles. The van der Waals surface area contributed by atoms with E-state index in [9.17, 15) is 14.0 Å². The van der Waals surface area contributed by atoms with Crippen LogP contribution in [0.2, 0.25) is 0 Å². The number of carboxylic acids is 1. The molecule has 0 aliphatic heterocycles. The van der Waals surface area contributed by atoms with Crippen LogP contribution in [0.3, 0.4) is 0 Å². The molecule has 74 valence electrons. The van der Waals surface area contributed by atoms with Gasteiger partial charge in [0.2, 0.25) is 0 Å². The molecule has 1 N–H and O–H groups in total. The fourth-order valence-corrected chi connectivity index (χ4v) is 0.817. The van der Waals surface area contributed by atoms with E-state index in [0.717, 1.165) is 6.08 Å². The summed E-state index contributed by atoms with van der Waals surface area (Å²) in [4.78, 5) is 20.7. The van der Waals surface area contributed by atoms with E-state index in [0.29, 0.717) is 5.56 Å². The summed E-state index contributed by atoms with van der Waals surface area (Å²) in [6, 6.07) is 5.35. The molecule has 0 radical (unpaired) electrons. The van der Waals surface area contributed by atoms with Crippen LogP contribution in [0.4, 0.5) is 4.39 Å². The van der Waals surface area contributed by atoms with Crippen LogP contribution in [0, 0.1) is 5.82 Å². The summed E-state index contributed by atoms with van der Waals surface area (Å²) in [7, 11) is 0. The van der Waals surface area contributed by atoms with Gasteiger partial charge in [0.05, 0.1) is 0 Å². The zero-order valence-electron chi connectivity index (χ0n) is 7.11. The Labute approximate surface area is 128 Å². The molecule has 5 heteroatoms. The normalized spacial score (nSPS) is 9.67. The third-order valence-corrected chi connectivity index (χ3v) is 1.51. The van der Waals surface area contributed by atoms with Gasteiger partial charge in [0, 0.05) is 0 Å². The zero-order valence-corrected chi connectivity index (χ0v) is 7.11. The number of ketones is 1. The predicted octanol–water partition coefficient (Wildman–Crippen LogP) is 0.844. The first-order chi connectivity index (χ1) is 6.59. The van der Waals surface area contributed by atoms with Gasteiger partial charge in [-0.05, 0) is 23.8 Å². The number of hydrogen-bond donors (Lipinski definition) is 1. The molecule has 1 aromatic carbocycles. The summed E-state index contributed by atoms with van der Waals surface area (Å²) in [6.07, 6.45) is 2.24. The molecule has 3 nitrogen and oxygen atoms in total. The first kappa shape index (κ1) is 14.7. The number of hydrogen-bond acceptors (Lipinski definition) is 2. The molecule has 0 unspecified atom stereocenters. The predicted molar refractivity (Wildman–Crippen MR) is 55.2 cm³/mol. The number of halogens is 1. The molecule has 0 spiro atoms. The van der Waals surface area contributed by atoms with Crippen molar-refractivity contribution in [1.82, 2.24) is 0 Å². The van der Waals surface area contributed by atoms with E-state index in [1.165, 1.54) is 30.3 Å². The average Bonchev–Trinajstić information content (AvgIpc) is 2.16. The Balaban J connectivity index is 0.00000196. The molecule has 0 bridgehead atoms.